The Morgan fingerprint density at radius 2 is 1.83 bits per heavy atom. The maximum absolute atomic E-state index is 12.6. The number of ether oxygens (including phenoxy) is 1. The monoisotopic (exact) mass is 317 g/mol. The van der Waals surface area contributed by atoms with E-state index in [1.807, 2.05) is 50.3 Å². The van der Waals surface area contributed by atoms with Crippen LogP contribution in [0.2, 0.25) is 0 Å². The summed E-state index contributed by atoms with van der Waals surface area (Å²) < 4.78 is 6.07. The number of hydrogen-bond acceptors (Lipinski definition) is 2. The fraction of sp³-hybridized carbons (Fsp3) is 0.550. The summed E-state index contributed by atoms with van der Waals surface area (Å²) in [5.41, 5.74) is 0.439. The molecule has 0 saturated heterocycles. The topological polar surface area (TPSA) is 29.5 Å². The number of benzene rings is 1. The van der Waals surface area contributed by atoms with Crippen molar-refractivity contribution in [2.24, 2.45) is 0 Å². The van der Waals surface area contributed by atoms with Crippen molar-refractivity contribution in [2.45, 2.75) is 58.5 Å². The van der Waals surface area contributed by atoms with Gasteiger partial charge in [-0.15, -0.1) is 6.58 Å². The molecule has 0 aliphatic heterocycles. The van der Waals surface area contributed by atoms with Gasteiger partial charge in [0.15, 0.2) is 0 Å². The number of carbonyl (C=O) groups excluding carboxylic acids is 1. The predicted octanol–water partition coefficient (Wildman–Crippen LogP) is 5.52. The van der Waals surface area contributed by atoms with Gasteiger partial charge in [-0.2, -0.15) is 0 Å². The van der Waals surface area contributed by atoms with Crippen LogP contribution in [-0.4, -0.2) is 24.1 Å². The van der Waals surface area contributed by atoms with Crippen LogP contribution >= 0.6 is 0 Å². The molecule has 1 atom stereocenters. The van der Waals surface area contributed by atoms with E-state index in [9.17, 15) is 4.79 Å². The van der Waals surface area contributed by atoms with E-state index in [0.717, 1.165) is 31.2 Å². The predicted molar refractivity (Wildman–Crippen MR) is 96.5 cm³/mol. The maximum Gasteiger partial charge on any atom is 0.410 e. The smallest absolute Gasteiger partial charge is 0.410 e. The van der Waals surface area contributed by atoms with E-state index in [0.29, 0.717) is 19.5 Å². The first-order chi connectivity index (χ1) is 11.1. The Bertz CT molecular complexity index is 468. The third kappa shape index (κ3) is 5.42. The number of hydrogen-bond donors (Lipinski definition) is 0. The Kier molecular flexibility index (Phi) is 8.46. The molecule has 0 fully saturated rings. The van der Waals surface area contributed by atoms with Crippen LogP contribution in [0.1, 0.15) is 58.4 Å². The molecule has 0 N–H and O–H groups in total. The second-order valence-electron chi connectivity index (χ2n) is 5.85. The van der Waals surface area contributed by atoms with Crippen molar-refractivity contribution in [3.8, 4) is 0 Å². The largest absolute Gasteiger partial charge is 0.438 e. The van der Waals surface area contributed by atoms with Crippen LogP contribution in [0.25, 0.3) is 0 Å². The van der Waals surface area contributed by atoms with Gasteiger partial charge in [0, 0.05) is 19.5 Å². The van der Waals surface area contributed by atoms with Crippen molar-refractivity contribution in [3.63, 3.8) is 0 Å². The highest BCUT2D eigenvalue weighted by molar-refractivity contribution is 5.68. The van der Waals surface area contributed by atoms with Crippen LogP contribution in [0.4, 0.5) is 4.79 Å². The lowest BCUT2D eigenvalue weighted by atomic mass is 9.85. The number of rotatable bonds is 10. The molecule has 3 nitrogen and oxygen atoms in total. The van der Waals surface area contributed by atoms with Gasteiger partial charge in [0.05, 0.1) is 0 Å². The Balaban J connectivity index is 3.10. The van der Waals surface area contributed by atoms with Gasteiger partial charge in [-0.3, -0.25) is 0 Å². The highest BCUT2D eigenvalue weighted by Gasteiger charge is 2.35. The molecule has 0 aromatic heterocycles. The highest BCUT2D eigenvalue weighted by Crippen LogP contribution is 2.36. The van der Waals surface area contributed by atoms with E-state index in [1.54, 1.807) is 4.90 Å². The molecule has 1 aromatic rings. The van der Waals surface area contributed by atoms with Gasteiger partial charge in [0.2, 0.25) is 0 Å². The summed E-state index contributed by atoms with van der Waals surface area (Å²) in [5.74, 6) is 0. The molecule has 0 aliphatic carbocycles. The molecule has 128 valence electrons. The minimum Gasteiger partial charge on any atom is -0.438 e. The highest BCUT2D eigenvalue weighted by atomic mass is 16.6. The zero-order chi connectivity index (χ0) is 17.1. The van der Waals surface area contributed by atoms with E-state index >= 15 is 0 Å². The van der Waals surface area contributed by atoms with E-state index in [-0.39, 0.29) is 6.09 Å². The molecular weight excluding hydrogens is 286 g/mol. The minimum absolute atomic E-state index is 0.239. The van der Waals surface area contributed by atoms with E-state index in [4.69, 9.17) is 4.74 Å². The van der Waals surface area contributed by atoms with Crippen LogP contribution in [0.15, 0.2) is 43.0 Å². The van der Waals surface area contributed by atoms with E-state index in [2.05, 4.69) is 13.5 Å². The number of nitrogens with zero attached hydrogens (tertiary/aromatic N) is 1. The Morgan fingerprint density at radius 1 is 1.17 bits per heavy atom. The second-order valence-corrected chi connectivity index (χ2v) is 5.85. The molecule has 0 radical (unpaired) electrons. The number of carbonyl (C=O) groups is 1. The molecule has 0 spiro atoms. The van der Waals surface area contributed by atoms with Crippen molar-refractivity contribution in [3.05, 3.63) is 48.6 Å². The molecule has 1 amide bonds. The molecule has 1 aromatic carbocycles. The fourth-order valence-electron chi connectivity index (χ4n) is 2.86. The lowest BCUT2D eigenvalue weighted by molar-refractivity contribution is -0.0183. The SMILES string of the molecule is C=CCC(CCCCC)(OC(=O)N(CC)CC)c1ccccc1. The quantitative estimate of drug-likeness (QED) is 0.420. The lowest BCUT2D eigenvalue weighted by Crippen LogP contribution is -2.39. The third-order valence-corrected chi connectivity index (χ3v) is 4.26. The lowest BCUT2D eigenvalue weighted by Gasteiger charge is -2.35. The first-order valence-corrected chi connectivity index (χ1v) is 8.77. The van der Waals surface area contributed by atoms with Crippen molar-refractivity contribution in [1.29, 1.82) is 0 Å². The first kappa shape index (κ1) is 19.3. The molecule has 3 heteroatoms. The van der Waals surface area contributed by atoms with Crippen molar-refractivity contribution < 1.29 is 9.53 Å². The van der Waals surface area contributed by atoms with E-state index in [1.165, 1.54) is 0 Å². The minimum atomic E-state index is -0.613. The Labute approximate surface area is 141 Å². The molecule has 0 aliphatic rings. The zero-order valence-electron chi connectivity index (χ0n) is 14.9. The van der Waals surface area contributed by atoms with Crippen molar-refractivity contribution in [1.82, 2.24) is 4.90 Å². The summed E-state index contributed by atoms with van der Waals surface area (Å²) in [7, 11) is 0. The van der Waals surface area contributed by atoms with Crippen LogP contribution in [-0.2, 0) is 10.3 Å². The number of unbranched alkanes of at least 4 members (excludes halogenated alkanes) is 2. The molecule has 1 rings (SSSR count). The van der Waals surface area contributed by atoms with Crippen LogP contribution in [0, 0.1) is 0 Å². The molecule has 0 bridgehead atoms. The maximum atomic E-state index is 12.6. The first-order valence-electron chi connectivity index (χ1n) is 8.77. The normalized spacial score (nSPS) is 13.2. The Hall–Kier alpha value is -1.77. The molecule has 1 unspecified atom stereocenters. The van der Waals surface area contributed by atoms with Gasteiger partial charge in [-0.25, -0.2) is 4.79 Å². The van der Waals surface area contributed by atoms with Crippen LogP contribution in [0.3, 0.4) is 0 Å². The van der Waals surface area contributed by atoms with Gasteiger partial charge in [-0.05, 0) is 32.3 Å². The second kappa shape index (κ2) is 10.1. The molecular formula is C20H31NO2. The third-order valence-electron chi connectivity index (χ3n) is 4.26. The van der Waals surface area contributed by atoms with Gasteiger partial charge in [0.1, 0.15) is 5.60 Å². The summed E-state index contributed by atoms with van der Waals surface area (Å²) in [6.07, 6.45) is 6.38. The van der Waals surface area contributed by atoms with Gasteiger partial charge < -0.3 is 9.64 Å². The van der Waals surface area contributed by atoms with Gasteiger partial charge in [0.25, 0.3) is 0 Å². The van der Waals surface area contributed by atoms with Crippen molar-refractivity contribution in [2.75, 3.05) is 13.1 Å². The summed E-state index contributed by atoms with van der Waals surface area (Å²) in [4.78, 5) is 14.3. The fourth-order valence-corrected chi connectivity index (χ4v) is 2.86. The Morgan fingerprint density at radius 3 is 2.35 bits per heavy atom. The van der Waals surface area contributed by atoms with Crippen LogP contribution < -0.4 is 0 Å². The number of amides is 1. The summed E-state index contributed by atoms with van der Waals surface area (Å²) in [5, 5.41) is 0. The van der Waals surface area contributed by atoms with Crippen molar-refractivity contribution >= 4 is 6.09 Å². The zero-order valence-corrected chi connectivity index (χ0v) is 14.9. The van der Waals surface area contributed by atoms with Crippen LogP contribution in [0.5, 0.6) is 0 Å². The summed E-state index contributed by atoms with van der Waals surface area (Å²) in [6, 6.07) is 10.1. The van der Waals surface area contributed by atoms with Gasteiger partial charge >= 0.3 is 6.09 Å². The van der Waals surface area contributed by atoms with E-state index < -0.39 is 5.60 Å². The van der Waals surface area contributed by atoms with Gasteiger partial charge in [-0.1, -0.05) is 56.2 Å². The average Bonchev–Trinajstić information content (AvgIpc) is 2.57. The molecule has 23 heavy (non-hydrogen) atoms. The standard InChI is InChI=1S/C20H31NO2/c1-5-9-13-17-20(16-6-2,18-14-11-10-12-15-18)23-19(22)21(7-3)8-4/h6,10-12,14-15H,2,5,7-9,13,16-17H2,1,3-4H3. The summed E-state index contributed by atoms with van der Waals surface area (Å²) >= 11 is 0. The molecule has 0 heterocycles. The summed E-state index contributed by atoms with van der Waals surface area (Å²) in [6.45, 7) is 11.3. The molecule has 0 saturated carbocycles. The average molecular weight is 317 g/mol.